The molecular weight excluding hydrogens is 210 g/mol. The zero-order chi connectivity index (χ0) is 11.9. The van der Waals surface area contributed by atoms with E-state index in [0.29, 0.717) is 12.4 Å². The molecule has 0 N–H and O–H groups in total. The highest BCUT2D eigenvalue weighted by Crippen LogP contribution is 2.68. The first-order chi connectivity index (χ1) is 6.80. The Morgan fingerprint density at radius 3 is 2.00 bits per heavy atom. The standard InChI is InChI=1S/C12H22ClNO/c1-6-14(8-7-13)10(15)9-11(2,3)12(9,4)5/h9H,6-8H2,1-5H3. The maximum Gasteiger partial charge on any atom is 0.226 e. The number of carbonyl (C=O) groups is 1. The largest absolute Gasteiger partial charge is 0.342 e. The summed E-state index contributed by atoms with van der Waals surface area (Å²) in [5.74, 6) is 0.953. The number of amides is 1. The van der Waals surface area contributed by atoms with Gasteiger partial charge in [-0.2, -0.15) is 0 Å². The van der Waals surface area contributed by atoms with Gasteiger partial charge in [0.15, 0.2) is 0 Å². The van der Waals surface area contributed by atoms with E-state index in [0.717, 1.165) is 6.54 Å². The predicted octanol–water partition coefficient (Wildman–Crippen LogP) is 2.76. The average molecular weight is 232 g/mol. The second-order valence-electron chi connectivity index (χ2n) is 5.48. The van der Waals surface area contributed by atoms with Crippen LogP contribution in [0.3, 0.4) is 0 Å². The van der Waals surface area contributed by atoms with Crippen LogP contribution in [0.4, 0.5) is 0 Å². The molecule has 3 heteroatoms. The van der Waals surface area contributed by atoms with E-state index in [1.807, 2.05) is 11.8 Å². The molecule has 1 aliphatic carbocycles. The van der Waals surface area contributed by atoms with Gasteiger partial charge in [-0.15, -0.1) is 11.6 Å². The molecule has 1 rings (SSSR count). The molecule has 1 fully saturated rings. The molecule has 0 saturated heterocycles. The summed E-state index contributed by atoms with van der Waals surface area (Å²) in [5.41, 5.74) is 0.258. The number of alkyl halides is 1. The number of halogens is 1. The van der Waals surface area contributed by atoms with Gasteiger partial charge in [-0.25, -0.2) is 0 Å². The van der Waals surface area contributed by atoms with E-state index in [-0.39, 0.29) is 22.7 Å². The SMILES string of the molecule is CCN(CCCl)C(=O)C1C(C)(C)C1(C)C. The first-order valence-corrected chi connectivity index (χ1v) is 6.19. The Morgan fingerprint density at radius 2 is 1.73 bits per heavy atom. The Labute approximate surface area is 98.0 Å². The molecule has 88 valence electrons. The van der Waals surface area contributed by atoms with E-state index in [4.69, 9.17) is 11.6 Å². The van der Waals surface area contributed by atoms with Gasteiger partial charge in [-0.1, -0.05) is 27.7 Å². The number of hydrogen-bond donors (Lipinski definition) is 0. The molecule has 1 amide bonds. The van der Waals surface area contributed by atoms with Crippen molar-refractivity contribution in [1.82, 2.24) is 4.90 Å². The van der Waals surface area contributed by atoms with Crippen molar-refractivity contribution in [1.29, 1.82) is 0 Å². The third kappa shape index (κ3) is 1.89. The lowest BCUT2D eigenvalue weighted by molar-refractivity contribution is -0.133. The zero-order valence-electron chi connectivity index (χ0n) is 10.4. The number of carbonyl (C=O) groups excluding carboxylic acids is 1. The maximum absolute atomic E-state index is 12.2. The third-order valence-electron chi connectivity index (χ3n) is 4.32. The van der Waals surface area contributed by atoms with Crippen LogP contribution in [0.15, 0.2) is 0 Å². The second kappa shape index (κ2) is 3.97. The van der Waals surface area contributed by atoms with Crippen molar-refractivity contribution >= 4 is 17.5 Å². The molecule has 1 saturated carbocycles. The highest BCUT2D eigenvalue weighted by Gasteiger charge is 2.68. The van der Waals surface area contributed by atoms with Gasteiger partial charge in [0, 0.05) is 24.9 Å². The number of hydrogen-bond acceptors (Lipinski definition) is 1. The van der Waals surface area contributed by atoms with E-state index in [1.165, 1.54) is 0 Å². The number of rotatable bonds is 4. The normalized spacial score (nSPS) is 22.5. The van der Waals surface area contributed by atoms with E-state index < -0.39 is 0 Å². The first-order valence-electron chi connectivity index (χ1n) is 5.65. The Bertz CT molecular complexity index is 246. The van der Waals surface area contributed by atoms with Crippen molar-refractivity contribution in [3.8, 4) is 0 Å². The lowest BCUT2D eigenvalue weighted by Crippen LogP contribution is -2.35. The van der Waals surface area contributed by atoms with Crippen molar-refractivity contribution in [2.24, 2.45) is 16.7 Å². The van der Waals surface area contributed by atoms with E-state index >= 15 is 0 Å². The maximum atomic E-state index is 12.2. The Kier molecular flexibility index (Phi) is 3.39. The number of nitrogens with zero attached hydrogens (tertiary/aromatic N) is 1. The Hall–Kier alpha value is -0.240. The molecule has 0 aromatic carbocycles. The quantitative estimate of drug-likeness (QED) is 0.682. The topological polar surface area (TPSA) is 20.3 Å². The second-order valence-corrected chi connectivity index (χ2v) is 5.86. The minimum Gasteiger partial charge on any atom is -0.342 e. The lowest BCUT2D eigenvalue weighted by atomic mass is 10.0. The zero-order valence-corrected chi connectivity index (χ0v) is 11.2. The van der Waals surface area contributed by atoms with Crippen LogP contribution >= 0.6 is 11.6 Å². The fourth-order valence-corrected chi connectivity index (χ4v) is 2.73. The van der Waals surface area contributed by atoms with Crippen LogP contribution in [-0.2, 0) is 4.79 Å². The van der Waals surface area contributed by atoms with Crippen molar-refractivity contribution in [2.75, 3.05) is 19.0 Å². The molecule has 15 heavy (non-hydrogen) atoms. The van der Waals surface area contributed by atoms with Gasteiger partial charge in [0.2, 0.25) is 5.91 Å². The van der Waals surface area contributed by atoms with Crippen LogP contribution in [0.2, 0.25) is 0 Å². The average Bonchev–Trinajstić information content (AvgIpc) is 2.52. The fraction of sp³-hybridized carbons (Fsp3) is 0.917. The van der Waals surface area contributed by atoms with Crippen molar-refractivity contribution in [3.63, 3.8) is 0 Å². The van der Waals surface area contributed by atoms with E-state index in [9.17, 15) is 4.79 Å². The highest BCUT2D eigenvalue weighted by atomic mass is 35.5. The molecule has 0 radical (unpaired) electrons. The van der Waals surface area contributed by atoms with Gasteiger partial charge in [-0.05, 0) is 17.8 Å². The van der Waals surface area contributed by atoms with Crippen LogP contribution in [0.25, 0.3) is 0 Å². The van der Waals surface area contributed by atoms with Crippen molar-refractivity contribution < 1.29 is 4.79 Å². The van der Waals surface area contributed by atoms with Gasteiger partial charge in [0.1, 0.15) is 0 Å². The predicted molar refractivity (Wildman–Crippen MR) is 64.0 cm³/mol. The smallest absolute Gasteiger partial charge is 0.226 e. The van der Waals surface area contributed by atoms with Crippen LogP contribution in [0, 0.1) is 16.7 Å². The highest BCUT2D eigenvalue weighted by molar-refractivity contribution is 6.18. The summed E-state index contributed by atoms with van der Waals surface area (Å²) in [7, 11) is 0. The van der Waals surface area contributed by atoms with Gasteiger partial charge < -0.3 is 4.90 Å². The summed E-state index contributed by atoms with van der Waals surface area (Å²) >= 11 is 5.69. The van der Waals surface area contributed by atoms with Crippen molar-refractivity contribution in [2.45, 2.75) is 34.6 Å². The van der Waals surface area contributed by atoms with Crippen LogP contribution < -0.4 is 0 Å². The summed E-state index contributed by atoms with van der Waals surface area (Å²) in [4.78, 5) is 14.1. The molecule has 0 aromatic rings. The first kappa shape index (κ1) is 12.8. The minimum absolute atomic E-state index is 0.129. The molecule has 0 unspecified atom stereocenters. The van der Waals surface area contributed by atoms with Crippen LogP contribution in [-0.4, -0.2) is 29.8 Å². The molecular formula is C12H22ClNO. The van der Waals surface area contributed by atoms with Crippen molar-refractivity contribution in [3.05, 3.63) is 0 Å². The monoisotopic (exact) mass is 231 g/mol. The summed E-state index contributed by atoms with van der Waals surface area (Å²) in [6.45, 7) is 12.1. The van der Waals surface area contributed by atoms with Crippen LogP contribution in [0.1, 0.15) is 34.6 Å². The van der Waals surface area contributed by atoms with Gasteiger partial charge in [-0.3, -0.25) is 4.79 Å². The fourth-order valence-electron chi connectivity index (χ4n) is 2.52. The van der Waals surface area contributed by atoms with E-state index in [1.54, 1.807) is 0 Å². The minimum atomic E-state index is 0.129. The molecule has 0 atom stereocenters. The molecule has 0 heterocycles. The molecule has 2 nitrogen and oxygen atoms in total. The van der Waals surface area contributed by atoms with Crippen LogP contribution in [0.5, 0.6) is 0 Å². The Morgan fingerprint density at radius 1 is 1.27 bits per heavy atom. The third-order valence-corrected chi connectivity index (χ3v) is 4.48. The van der Waals surface area contributed by atoms with Gasteiger partial charge in [0.05, 0.1) is 0 Å². The lowest BCUT2D eigenvalue weighted by Gasteiger charge is -2.20. The Balaban J connectivity index is 2.71. The molecule has 0 aromatic heterocycles. The molecule has 0 bridgehead atoms. The molecule has 1 aliphatic rings. The van der Waals surface area contributed by atoms with Gasteiger partial charge >= 0.3 is 0 Å². The van der Waals surface area contributed by atoms with Gasteiger partial charge in [0.25, 0.3) is 0 Å². The summed E-state index contributed by atoms with van der Waals surface area (Å²) in [5, 5.41) is 0. The molecule has 0 spiro atoms. The summed E-state index contributed by atoms with van der Waals surface area (Å²) in [6.07, 6.45) is 0. The molecule has 0 aliphatic heterocycles. The summed E-state index contributed by atoms with van der Waals surface area (Å²) in [6, 6.07) is 0. The van der Waals surface area contributed by atoms with E-state index in [2.05, 4.69) is 27.7 Å². The summed E-state index contributed by atoms with van der Waals surface area (Å²) < 4.78 is 0.